The molecule has 1 aromatic rings. The van der Waals surface area contributed by atoms with Crippen LogP contribution in [0.1, 0.15) is 0 Å². The molecule has 0 atom stereocenters. The van der Waals surface area contributed by atoms with E-state index in [0.29, 0.717) is 6.61 Å². The number of para-hydroxylation sites is 1. The van der Waals surface area contributed by atoms with Crippen LogP contribution in [-0.4, -0.2) is 18.9 Å². The van der Waals surface area contributed by atoms with Gasteiger partial charge in [0.05, 0.1) is 6.61 Å². The Morgan fingerprint density at radius 3 is 2.42 bits per heavy atom. The van der Waals surface area contributed by atoms with E-state index in [2.05, 4.69) is 0 Å². The summed E-state index contributed by atoms with van der Waals surface area (Å²) in [6.45, 7) is 0.619. The lowest BCUT2D eigenvalue weighted by Gasteiger charge is -2.03. The van der Waals surface area contributed by atoms with Crippen LogP contribution in [0.2, 0.25) is 5.28 Å². The van der Waals surface area contributed by atoms with Crippen LogP contribution in [0, 0.1) is 0 Å². The van der Waals surface area contributed by atoms with E-state index in [1.165, 1.54) is 0 Å². The molecule has 1 nitrogen and oxygen atoms in total. The molecule has 0 aliphatic rings. The molecule has 0 bridgehead atoms. The van der Waals surface area contributed by atoms with Crippen molar-refractivity contribution in [3.63, 3.8) is 0 Å². The predicted octanol–water partition coefficient (Wildman–Crippen LogP) is 3.03. The Kier molecular flexibility index (Phi) is 4.87. The molecule has 0 heterocycles. The molecule has 0 unspecified atom stereocenters. The van der Waals surface area contributed by atoms with Crippen molar-refractivity contribution >= 4 is 32.4 Å². The Bertz CT molecular complexity index is 216. The summed E-state index contributed by atoms with van der Waals surface area (Å²) in [4.78, 5) is 0. The van der Waals surface area contributed by atoms with Crippen molar-refractivity contribution in [2.24, 2.45) is 0 Å². The molecule has 1 aromatic carbocycles. The van der Waals surface area contributed by atoms with Gasteiger partial charge in [-0.15, -0.1) is 0 Å². The molecule has 0 radical (unpaired) electrons. The maximum Gasteiger partial charge on any atom is 0.522 e. The molecule has 0 saturated carbocycles. The lowest BCUT2D eigenvalue weighted by Crippen LogP contribution is -2.03. The van der Waals surface area contributed by atoms with Crippen molar-refractivity contribution < 1.29 is 4.74 Å². The lowest BCUT2D eigenvalue weighted by atomic mass is 10.3. The molecule has 64 valence electrons. The molecule has 4 heteroatoms. The van der Waals surface area contributed by atoms with Crippen LogP contribution in [0.25, 0.3) is 0 Å². The van der Waals surface area contributed by atoms with Crippen molar-refractivity contribution in [3.8, 4) is 5.75 Å². The molecule has 0 aliphatic heterocycles. The third-order valence-electron chi connectivity index (χ3n) is 1.35. The van der Waals surface area contributed by atoms with Gasteiger partial charge in [0.2, 0.25) is 0 Å². The van der Waals surface area contributed by atoms with Gasteiger partial charge in [0, 0.05) is 0 Å². The standard InChI is InChI=1S/C8H9O.Al.2ClH/c1-2-9-8-6-4-3-5-7-8;;;/h3-7H,1-2H2;;2*1H/q;+2;;/p-2. The first-order valence-electron chi connectivity index (χ1n) is 3.75. The molecule has 0 amide bonds. The number of rotatable bonds is 4. The van der Waals surface area contributed by atoms with Gasteiger partial charge in [0.15, 0.2) is 0 Å². The highest BCUT2D eigenvalue weighted by Crippen LogP contribution is 2.10. The van der Waals surface area contributed by atoms with Crippen molar-refractivity contribution in [3.05, 3.63) is 30.3 Å². The summed E-state index contributed by atoms with van der Waals surface area (Å²) < 4.78 is 5.38. The summed E-state index contributed by atoms with van der Waals surface area (Å²) in [6.07, 6.45) is 0. The number of hydrogen-bond donors (Lipinski definition) is 0. The molecule has 0 aromatic heterocycles. The van der Waals surface area contributed by atoms with Gasteiger partial charge in [-0.25, -0.2) is 20.1 Å². The largest absolute Gasteiger partial charge is 0.522 e. The van der Waals surface area contributed by atoms with Crippen LogP contribution >= 0.6 is 20.1 Å². The molecule has 12 heavy (non-hydrogen) atoms. The second-order valence-corrected chi connectivity index (χ2v) is 7.53. The molecule has 0 aliphatic carbocycles. The van der Waals surface area contributed by atoms with Gasteiger partial charge in [-0.1, -0.05) is 18.2 Å². The van der Waals surface area contributed by atoms with Crippen molar-refractivity contribution in [1.82, 2.24) is 0 Å². The molecule has 0 spiro atoms. The minimum Gasteiger partial charge on any atom is -0.495 e. The molecular formula is C8H9AlCl2O. The number of hydrogen-bond acceptors (Lipinski definition) is 1. The lowest BCUT2D eigenvalue weighted by molar-refractivity contribution is 0.340. The summed E-state index contributed by atoms with van der Waals surface area (Å²) >= 11 is -1.49. The van der Waals surface area contributed by atoms with Crippen molar-refractivity contribution in [2.45, 2.75) is 5.28 Å². The Hall–Kier alpha value is 0.132. The summed E-state index contributed by atoms with van der Waals surface area (Å²) in [5, 5.41) is 0.790. The van der Waals surface area contributed by atoms with Crippen LogP contribution in [0.3, 0.4) is 0 Å². The summed E-state index contributed by atoms with van der Waals surface area (Å²) in [5.41, 5.74) is 0. The van der Waals surface area contributed by atoms with Gasteiger partial charge >= 0.3 is 12.3 Å². The third kappa shape index (κ3) is 4.23. The van der Waals surface area contributed by atoms with Crippen molar-refractivity contribution in [1.29, 1.82) is 0 Å². The van der Waals surface area contributed by atoms with E-state index in [0.717, 1.165) is 11.0 Å². The fraction of sp³-hybridized carbons (Fsp3) is 0.250. The minimum absolute atomic E-state index is 0.619. The van der Waals surface area contributed by atoms with E-state index in [1.807, 2.05) is 30.3 Å². The Balaban J connectivity index is 2.25. The average Bonchev–Trinajstić information content (AvgIpc) is 2.05. The van der Waals surface area contributed by atoms with Crippen LogP contribution in [0.15, 0.2) is 30.3 Å². The second-order valence-electron chi connectivity index (χ2n) is 2.34. The highest BCUT2D eigenvalue weighted by atomic mass is 35.7. The smallest absolute Gasteiger partial charge is 0.495 e. The summed E-state index contributed by atoms with van der Waals surface area (Å²) in [5.74, 6) is 0.875. The normalized spacial score (nSPS) is 9.50. The maximum atomic E-state index is 5.67. The van der Waals surface area contributed by atoms with E-state index in [4.69, 9.17) is 24.8 Å². The predicted molar refractivity (Wildman–Crippen MR) is 54.2 cm³/mol. The van der Waals surface area contributed by atoms with Gasteiger partial charge in [0.25, 0.3) is 0 Å². The zero-order valence-corrected chi connectivity index (χ0v) is 9.21. The third-order valence-corrected chi connectivity index (χ3v) is 3.33. The van der Waals surface area contributed by atoms with Crippen LogP contribution in [-0.2, 0) is 0 Å². The minimum atomic E-state index is -1.49. The summed E-state index contributed by atoms with van der Waals surface area (Å²) in [6, 6.07) is 9.66. The van der Waals surface area contributed by atoms with Crippen LogP contribution in [0.5, 0.6) is 5.75 Å². The first kappa shape index (κ1) is 10.2. The van der Waals surface area contributed by atoms with E-state index < -0.39 is 12.3 Å². The van der Waals surface area contributed by atoms with Gasteiger partial charge in [0.1, 0.15) is 5.75 Å². The number of benzene rings is 1. The number of ether oxygens (including phenoxy) is 1. The van der Waals surface area contributed by atoms with E-state index in [1.54, 1.807) is 0 Å². The Morgan fingerprint density at radius 1 is 1.17 bits per heavy atom. The Morgan fingerprint density at radius 2 is 1.83 bits per heavy atom. The molecule has 1 rings (SSSR count). The van der Waals surface area contributed by atoms with Crippen LogP contribution < -0.4 is 4.74 Å². The maximum absolute atomic E-state index is 5.67. The fourth-order valence-electron chi connectivity index (χ4n) is 0.783. The fourth-order valence-corrected chi connectivity index (χ4v) is 1.61. The first-order valence-corrected chi connectivity index (χ1v) is 8.06. The zero-order chi connectivity index (χ0) is 8.81. The average molecular weight is 219 g/mol. The second kappa shape index (κ2) is 5.72. The topological polar surface area (TPSA) is 9.23 Å². The summed E-state index contributed by atoms with van der Waals surface area (Å²) in [7, 11) is 11.3. The van der Waals surface area contributed by atoms with Crippen molar-refractivity contribution in [2.75, 3.05) is 6.61 Å². The van der Waals surface area contributed by atoms with Gasteiger partial charge < -0.3 is 4.74 Å². The van der Waals surface area contributed by atoms with Crippen LogP contribution in [0.4, 0.5) is 0 Å². The van der Waals surface area contributed by atoms with E-state index in [-0.39, 0.29) is 0 Å². The monoisotopic (exact) mass is 218 g/mol. The van der Waals surface area contributed by atoms with E-state index >= 15 is 0 Å². The van der Waals surface area contributed by atoms with Gasteiger partial charge in [-0.05, 0) is 17.4 Å². The number of halogens is 2. The molecular weight excluding hydrogens is 210 g/mol. The van der Waals surface area contributed by atoms with Gasteiger partial charge in [-0.3, -0.25) is 0 Å². The van der Waals surface area contributed by atoms with Gasteiger partial charge in [-0.2, -0.15) is 0 Å². The molecule has 0 saturated heterocycles. The van der Waals surface area contributed by atoms with E-state index in [9.17, 15) is 0 Å². The molecule has 0 N–H and O–H groups in total. The quantitative estimate of drug-likeness (QED) is 0.707. The Labute approximate surface area is 85.0 Å². The zero-order valence-electron chi connectivity index (χ0n) is 6.54. The highest BCUT2D eigenvalue weighted by Gasteiger charge is 2.09. The SMILES string of the molecule is [Cl][Al]([Cl])[CH2]COc1ccccc1. The highest BCUT2D eigenvalue weighted by molar-refractivity contribution is 7.33. The first-order chi connectivity index (χ1) is 5.79. The molecule has 0 fully saturated rings.